The van der Waals surface area contributed by atoms with Gasteiger partial charge in [-0.2, -0.15) is 0 Å². The number of aromatic amines is 1. The van der Waals surface area contributed by atoms with Crippen LogP contribution in [0.3, 0.4) is 0 Å². The number of carbonyl (C=O) groups is 1. The highest BCUT2D eigenvalue weighted by atomic mass is 32.2. The summed E-state index contributed by atoms with van der Waals surface area (Å²) >= 11 is 2.51. The minimum absolute atomic E-state index is 0.212. The van der Waals surface area contributed by atoms with Gasteiger partial charge in [0.25, 0.3) is 5.56 Å². The summed E-state index contributed by atoms with van der Waals surface area (Å²) in [5.74, 6) is -0.928. The van der Waals surface area contributed by atoms with Crippen molar-refractivity contribution in [3.8, 4) is 0 Å². The first-order valence-electron chi connectivity index (χ1n) is 5.43. The third-order valence-electron chi connectivity index (χ3n) is 2.42. The van der Waals surface area contributed by atoms with Crippen LogP contribution in [0.2, 0.25) is 0 Å². The molecule has 2 aromatic rings. The first-order chi connectivity index (χ1) is 8.51. The van der Waals surface area contributed by atoms with Gasteiger partial charge in [-0.05, 0) is 19.4 Å². The standard InChI is InChI=1S/C11H12N2O3S2/c1-3-6-4-7-8(14)12-11(13-9(7)18-6)17-5(2)10(15)16/h4-5H,3H2,1-2H3,(H,15,16)(H,12,13,14). The molecule has 0 aliphatic carbocycles. The second-order valence-electron chi connectivity index (χ2n) is 3.75. The molecule has 0 spiro atoms. The van der Waals surface area contributed by atoms with Gasteiger partial charge < -0.3 is 10.1 Å². The van der Waals surface area contributed by atoms with E-state index in [1.54, 1.807) is 6.92 Å². The first kappa shape index (κ1) is 13.1. The number of nitrogens with one attached hydrogen (secondary N) is 1. The molecule has 1 atom stereocenters. The molecule has 96 valence electrons. The molecule has 2 heterocycles. The van der Waals surface area contributed by atoms with Crippen molar-refractivity contribution in [2.24, 2.45) is 0 Å². The van der Waals surface area contributed by atoms with Crippen molar-refractivity contribution in [3.63, 3.8) is 0 Å². The monoisotopic (exact) mass is 284 g/mol. The maximum Gasteiger partial charge on any atom is 0.316 e. The molecule has 0 radical (unpaired) electrons. The topological polar surface area (TPSA) is 83.0 Å². The predicted octanol–water partition coefficient (Wildman–Crippen LogP) is 2.11. The van der Waals surface area contributed by atoms with Gasteiger partial charge in [-0.3, -0.25) is 9.59 Å². The lowest BCUT2D eigenvalue weighted by atomic mass is 10.3. The van der Waals surface area contributed by atoms with E-state index in [4.69, 9.17) is 5.11 Å². The molecule has 0 aliphatic heterocycles. The van der Waals surface area contributed by atoms with Gasteiger partial charge in [0.05, 0.1) is 5.39 Å². The number of carboxylic acids is 1. The van der Waals surface area contributed by atoms with Crippen molar-refractivity contribution in [1.29, 1.82) is 0 Å². The molecule has 2 N–H and O–H groups in total. The molecule has 7 heteroatoms. The van der Waals surface area contributed by atoms with E-state index in [0.717, 1.165) is 23.1 Å². The summed E-state index contributed by atoms with van der Waals surface area (Å²) in [6.07, 6.45) is 0.856. The van der Waals surface area contributed by atoms with E-state index < -0.39 is 11.2 Å². The van der Waals surface area contributed by atoms with E-state index in [2.05, 4.69) is 9.97 Å². The van der Waals surface area contributed by atoms with Gasteiger partial charge in [0, 0.05) is 4.88 Å². The van der Waals surface area contributed by atoms with Crippen LogP contribution in [0.5, 0.6) is 0 Å². The van der Waals surface area contributed by atoms with Gasteiger partial charge >= 0.3 is 5.97 Å². The second-order valence-corrected chi connectivity index (χ2v) is 6.20. The molecule has 5 nitrogen and oxygen atoms in total. The third-order valence-corrected chi connectivity index (χ3v) is 4.56. The Labute approximate surface area is 111 Å². The number of thioether (sulfide) groups is 1. The normalized spacial score (nSPS) is 12.8. The predicted molar refractivity (Wildman–Crippen MR) is 72.6 cm³/mol. The number of carboxylic acid groups (broad SMARTS) is 1. The fourth-order valence-electron chi connectivity index (χ4n) is 1.41. The molecule has 0 saturated carbocycles. The lowest BCUT2D eigenvalue weighted by Crippen LogP contribution is -2.14. The Kier molecular flexibility index (Phi) is 3.72. The van der Waals surface area contributed by atoms with Gasteiger partial charge in [0.2, 0.25) is 0 Å². The summed E-state index contributed by atoms with van der Waals surface area (Å²) in [7, 11) is 0. The van der Waals surface area contributed by atoms with Crippen LogP contribution in [-0.4, -0.2) is 26.3 Å². The Morgan fingerprint density at radius 3 is 3.00 bits per heavy atom. The minimum Gasteiger partial charge on any atom is -0.480 e. The van der Waals surface area contributed by atoms with Crippen molar-refractivity contribution in [2.45, 2.75) is 30.7 Å². The lowest BCUT2D eigenvalue weighted by Gasteiger charge is -2.04. The summed E-state index contributed by atoms with van der Waals surface area (Å²) in [4.78, 5) is 31.3. The molecule has 0 aliphatic rings. The van der Waals surface area contributed by atoms with Crippen molar-refractivity contribution >= 4 is 39.3 Å². The van der Waals surface area contributed by atoms with Crippen LogP contribution in [0.1, 0.15) is 18.7 Å². The average molecular weight is 284 g/mol. The van der Waals surface area contributed by atoms with Crippen molar-refractivity contribution in [2.75, 3.05) is 0 Å². The summed E-state index contributed by atoms with van der Waals surface area (Å²) in [5, 5.41) is 9.11. The molecular formula is C11H12N2O3S2. The number of aryl methyl sites for hydroxylation is 1. The Balaban J connectivity index is 2.42. The minimum atomic E-state index is -0.928. The van der Waals surface area contributed by atoms with E-state index in [1.807, 2.05) is 13.0 Å². The Hall–Kier alpha value is -1.34. The number of thiophene rings is 1. The van der Waals surface area contributed by atoms with Gasteiger partial charge in [-0.15, -0.1) is 11.3 Å². The van der Waals surface area contributed by atoms with Crippen LogP contribution in [0, 0.1) is 0 Å². The number of fused-ring (bicyclic) bond motifs is 1. The van der Waals surface area contributed by atoms with E-state index in [-0.39, 0.29) is 5.56 Å². The van der Waals surface area contributed by atoms with Gasteiger partial charge in [-0.1, -0.05) is 18.7 Å². The van der Waals surface area contributed by atoms with Crippen LogP contribution < -0.4 is 5.56 Å². The molecule has 2 rings (SSSR count). The Morgan fingerprint density at radius 2 is 2.39 bits per heavy atom. The highest BCUT2D eigenvalue weighted by molar-refractivity contribution is 8.00. The van der Waals surface area contributed by atoms with E-state index in [0.29, 0.717) is 15.4 Å². The highest BCUT2D eigenvalue weighted by Gasteiger charge is 2.15. The molecule has 0 amide bonds. The maximum atomic E-state index is 11.8. The van der Waals surface area contributed by atoms with Crippen molar-refractivity contribution in [3.05, 3.63) is 21.3 Å². The summed E-state index contributed by atoms with van der Waals surface area (Å²) < 4.78 is 0. The lowest BCUT2D eigenvalue weighted by molar-refractivity contribution is -0.136. The summed E-state index contributed by atoms with van der Waals surface area (Å²) in [5.41, 5.74) is -0.212. The third kappa shape index (κ3) is 2.56. The quantitative estimate of drug-likeness (QED) is 0.663. The van der Waals surface area contributed by atoms with Crippen molar-refractivity contribution < 1.29 is 9.90 Å². The highest BCUT2D eigenvalue weighted by Crippen LogP contribution is 2.25. The number of hydrogen-bond donors (Lipinski definition) is 2. The zero-order valence-corrected chi connectivity index (χ0v) is 11.5. The van der Waals surface area contributed by atoms with Crippen LogP contribution in [-0.2, 0) is 11.2 Å². The molecule has 2 aromatic heterocycles. The largest absolute Gasteiger partial charge is 0.480 e. The average Bonchev–Trinajstić information content (AvgIpc) is 2.72. The van der Waals surface area contributed by atoms with Crippen LogP contribution in [0.25, 0.3) is 10.2 Å². The number of H-pyrrole nitrogens is 1. The Bertz CT molecular complexity index is 647. The van der Waals surface area contributed by atoms with Crippen LogP contribution in [0.15, 0.2) is 16.0 Å². The number of nitrogens with zero attached hydrogens (tertiary/aromatic N) is 1. The van der Waals surface area contributed by atoms with E-state index in [1.165, 1.54) is 11.3 Å². The summed E-state index contributed by atoms with van der Waals surface area (Å²) in [6.45, 7) is 3.57. The zero-order chi connectivity index (χ0) is 13.3. The van der Waals surface area contributed by atoms with E-state index >= 15 is 0 Å². The molecule has 0 aromatic carbocycles. The van der Waals surface area contributed by atoms with Gasteiger partial charge in [0.1, 0.15) is 10.1 Å². The molecule has 0 bridgehead atoms. The number of aliphatic carboxylic acids is 1. The fourth-order valence-corrected chi connectivity index (χ4v) is 3.17. The van der Waals surface area contributed by atoms with Gasteiger partial charge in [-0.25, -0.2) is 4.98 Å². The zero-order valence-electron chi connectivity index (χ0n) is 9.89. The Morgan fingerprint density at radius 1 is 1.67 bits per heavy atom. The maximum absolute atomic E-state index is 11.8. The van der Waals surface area contributed by atoms with Gasteiger partial charge in [0.15, 0.2) is 5.16 Å². The van der Waals surface area contributed by atoms with E-state index in [9.17, 15) is 9.59 Å². The molecule has 0 fully saturated rings. The van der Waals surface area contributed by atoms with Crippen LogP contribution in [0.4, 0.5) is 0 Å². The molecule has 1 unspecified atom stereocenters. The second kappa shape index (κ2) is 5.11. The molecular weight excluding hydrogens is 272 g/mol. The number of hydrogen-bond acceptors (Lipinski definition) is 5. The SMILES string of the molecule is CCc1cc2c(=O)[nH]c(SC(C)C(=O)O)nc2s1. The molecule has 18 heavy (non-hydrogen) atoms. The first-order valence-corrected chi connectivity index (χ1v) is 7.13. The smallest absolute Gasteiger partial charge is 0.316 e. The number of aromatic nitrogens is 2. The van der Waals surface area contributed by atoms with Crippen molar-refractivity contribution in [1.82, 2.24) is 9.97 Å². The fraction of sp³-hybridized carbons (Fsp3) is 0.364. The van der Waals surface area contributed by atoms with Crippen LogP contribution >= 0.6 is 23.1 Å². The number of rotatable bonds is 4. The molecule has 0 saturated heterocycles. The summed E-state index contributed by atoms with van der Waals surface area (Å²) in [6, 6.07) is 1.83.